The first-order chi connectivity index (χ1) is 19.0. The van der Waals surface area contributed by atoms with E-state index in [-0.39, 0.29) is 18.6 Å². The van der Waals surface area contributed by atoms with E-state index in [0.29, 0.717) is 31.2 Å². The number of hydrogen-bond acceptors (Lipinski definition) is 6. The number of rotatable bonds is 6. The molecule has 3 aromatic carbocycles. The topological polar surface area (TPSA) is 82.8 Å². The predicted molar refractivity (Wildman–Crippen MR) is 156 cm³/mol. The highest BCUT2D eigenvalue weighted by Crippen LogP contribution is 2.28. The minimum absolute atomic E-state index is 0.00407. The third kappa shape index (κ3) is 5.71. The van der Waals surface area contributed by atoms with Crippen LogP contribution in [0.15, 0.2) is 66.7 Å². The number of carbonyl (C=O) groups is 1. The number of aliphatic hydroxyl groups excluding tert-OH is 1. The first-order valence-electron chi connectivity index (χ1n) is 13.8. The molecule has 7 nitrogen and oxygen atoms in total. The van der Waals surface area contributed by atoms with E-state index < -0.39 is 0 Å². The number of anilines is 3. The Labute approximate surface area is 231 Å². The molecule has 7 heteroatoms. The van der Waals surface area contributed by atoms with Crippen molar-refractivity contribution in [2.75, 3.05) is 54.4 Å². The Morgan fingerprint density at radius 2 is 1.69 bits per heavy atom. The summed E-state index contributed by atoms with van der Waals surface area (Å²) < 4.78 is 0. The van der Waals surface area contributed by atoms with Gasteiger partial charge in [-0.3, -0.25) is 4.79 Å². The molecule has 0 bridgehead atoms. The summed E-state index contributed by atoms with van der Waals surface area (Å²) in [5.74, 6) is 0.0182. The van der Waals surface area contributed by atoms with Gasteiger partial charge in [0.25, 0.3) is 5.91 Å². The van der Waals surface area contributed by atoms with Gasteiger partial charge in [0.1, 0.15) is 6.07 Å². The molecule has 1 atom stereocenters. The molecule has 5 rings (SSSR count). The quantitative estimate of drug-likeness (QED) is 0.492. The molecule has 3 aromatic rings. The van der Waals surface area contributed by atoms with Crippen LogP contribution in [0, 0.1) is 25.2 Å². The van der Waals surface area contributed by atoms with Gasteiger partial charge in [0, 0.05) is 55.7 Å². The summed E-state index contributed by atoms with van der Waals surface area (Å²) in [6, 6.07) is 24.5. The predicted octanol–water partition coefficient (Wildman–Crippen LogP) is 4.58. The molecule has 2 aliphatic heterocycles. The number of piperidine rings is 1. The number of carbonyl (C=O) groups excluding carboxylic acids is 1. The Hall–Kier alpha value is -4.02. The second kappa shape index (κ2) is 11.8. The fourth-order valence-electron chi connectivity index (χ4n) is 5.89. The van der Waals surface area contributed by atoms with Crippen molar-refractivity contribution >= 4 is 23.0 Å². The first-order valence-corrected chi connectivity index (χ1v) is 13.8. The van der Waals surface area contributed by atoms with E-state index in [9.17, 15) is 15.2 Å². The molecule has 202 valence electrons. The minimum Gasteiger partial charge on any atom is -0.394 e. The number of aliphatic hydroxyl groups is 1. The van der Waals surface area contributed by atoms with E-state index in [2.05, 4.69) is 46.3 Å². The van der Waals surface area contributed by atoms with Crippen LogP contribution in [0.2, 0.25) is 0 Å². The van der Waals surface area contributed by atoms with Gasteiger partial charge >= 0.3 is 0 Å². The maximum absolute atomic E-state index is 13.7. The van der Waals surface area contributed by atoms with E-state index in [0.717, 1.165) is 59.7 Å². The van der Waals surface area contributed by atoms with Gasteiger partial charge in [-0.25, -0.2) is 0 Å². The molecule has 2 N–H and O–H groups in total. The lowest BCUT2D eigenvalue weighted by Gasteiger charge is -2.42. The standard InChI is InChI=1S/C32H37N5O2/c1-23-18-24(2)30(34-26-12-14-35(15-13-26)31-11-7-6-8-25(31)20-33)19-29(23)32(39)36-16-17-37(28(21-36)22-38)27-9-4-3-5-10-27/h3-11,18-19,26,28,34,38H,12-17,21-22H2,1-2H3/t28-/m1/s1. The fourth-order valence-corrected chi connectivity index (χ4v) is 5.89. The fraction of sp³-hybridized carbons (Fsp3) is 0.375. The molecule has 2 heterocycles. The molecule has 2 saturated heterocycles. The number of aryl methyl sites for hydroxylation is 2. The SMILES string of the molecule is Cc1cc(C)c(C(=O)N2CCN(c3ccccc3)[C@@H](CO)C2)cc1NC1CCN(c2ccccc2C#N)CC1. The van der Waals surface area contributed by atoms with Gasteiger partial charge in [0.05, 0.1) is 23.9 Å². The van der Waals surface area contributed by atoms with Crippen LogP contribution < -0.4 is 15.1 Å². The summed E-state index contributed by atoms with van der Waals surface area (Å²) in [6.45, 7) is 7.62. The Bertz CT molecular complexity index is 1340. The zero-order valence-corrected chi connectivity index (χ0v) is 22.8. The zero-order chi connectivity index (χ0) is 27.4. The van der Waals surface area contributed by atoms with Crippen LogP contribution in [0.3, 0.4) is 0 Å². The zero-order valence-electron chi connectivity index (χ0n) is 22.8. The molecule has 0 radical (unpaired) electrons. The number of benzene rings is 3. The monoisotopic (exact) mass is 523 g/mol. The summed E-state index contributed by atoms with van der Waals surface area (Å²) in [5, 5.41) is 23.3. The Kier molecular flexibility index (Phi) is 8.04. The van der Waals surface area contributed by atoms with Crippen molar-refractivity contribution < 1.29 is 9.90 Å². The van der Waals surface area contributed by atoms with E-state index in [1.807, 2.05) is 60.4 Å². The molecule has 0 saturated carbocycles. The summed E-state index contributed by atoms with van der Waals surface area (Å²) >= 11 is 0. The van der Waals surface area contributed by atoms with Crippen LogP contribution in [0.4, 0.5) is 17.1 Å². The van der Waals surface area contributed by atoms with Gasteiger partial charge in [0.2, 0.25) is 0 Å². The highest BCUT2D eigenvalue weighted by molar-refractivity contribution is 5.97. The Balaban J connectivity index is 1.26. The van der Waals surface area contributed by atoms with E-state index >= 15 is 0 Å². The van der Waals surface area contributed by atoms with Crippen LogP contribution in [0.25, 0.3) is 0 Å². The smallest absolute Gasteiger partial charge is 0.254 e. The highest BCUT2D eigenvalue weighted by atomic mass is 16.3. The molecule has 0 aromatic heterocycles. The van der Waals surface area contributed by atoms with Gasteiger partial charge in [-0.2, -0.15) is 5.26 Å². The number of amides is 1. The lowest BCUT2D eigenvalue weighted by Crippen LogP contribution is -2.56. The minimum atomic E-state index is -0.134. The van der Waals surface area contributed by atoms with E-state index in [4.69, 9.17) is 0 Å². The highest BCUT2D eigenvalue weighted by Gasteiger charge is 2.31. The van der Waals surface area contributed by atoms with Gasteiger partial charge in [-0.15, -0.1) is 0 Å². The Morgan fingerprint density at radius 3 is 2.41 bits per heavy atom. The van der Waals surface area contributed by atoms with Crippen molar-refractivity contribution in [3.63, 3.8) is 0 Å². The molecular formula is C32H37N5O2. The number of nitrogens with zero attached hydrogens (tertiary/aromatic N) is 4. The number of hydrogen-bond donors (Lipinski definition) is 2. The van der Waals surface area contributed by atoms with Crippen molar-refractivity contribution in [3.8, 4) is 6.07 Å². The summed E-state index contributed by atoms with van der Waals surface area (Å²) in [7, 11) is 0. The second-order valence-corrected chi connectivity index (χ2v) is 10.6. The van der Waals surface area contributed by atoms with Crippen molar-refractivity contribution in [1.29, 1.82) is 5.26 Å². The van der Waals surface area contributed by atoms with Gasteiger partial charge < -0.3 is 25.1 Å². The van der Waals surface area contributed by atoms with Crippen LogP contribution in [-0.4, -0.2) is 67.3 Å². The van der Waals surface area contributed by atoms with Crippen molar-refractivity contribution in [3.05, 3.63) is 89.0 Å². The summed E-state index contributed by atoms with van der Waals surface area (Å²) in [5.41, 5.74) is 6.61. The van der Waals surface area contributed by atoms with Gasteiger partial charge in [0.15, 0.2) is 0 Å². The van der Waals surface area contributed by atoms with E-state index in [1.54, 1.807) is 0 Å². The van der Waals surface area contributed by atoms with Crippen molar-refractivity contribution in [1.82, 2.24) is 4.90 Å². The molecule has 0 spiro atoms. The molecule has 1 amide bonds. The van der Waals surface area contributed by atoms with Crippen molar-refractivity contribution in [2.24, 2.45) is 0 Å². The van der Waals surface area contributed by atoms with Crippen LogP contribution in [0.1, 0.15) is 39.9 Å². The van der Waals surface area contributed by atoms with Crippen LogP contribution in [-0.2, 0) is 0 Å². The lowest BCUT2D eigenvalue weighted by molar-refractivity contribution is 0.0698. The Morgan fingerprint density at radius 1 is 0.974 bits per heavy atom. The third-order valence-electron chi connectivity index (χ3n) is 8.09. The molecule has 2 fully saturated rings. The summed E-state index contributed by atoms with van der Waals surface area (Å²) in [4.78, 5) is 20.1. The van der Waals surface area contributed by atoms with Crippen LogP contribution >= 0.6 is 0 Å². The average Bonchev–Trinajstić information content (AvgIpc) is 2.98. The average molecular weight is 524 g/mol. The molecule has 2 aliphatic rings. The summed E-state index contributed by atoms with van der Waals surface area (Å²) in [6.07, 6.45) is 1.91. The van der Waals surface area contributed by atoms with E-state index in [1.165, 1.54) is 0 Å². The molecular weight excluding hydrogens is 486 g/mol. The number of nitrogens with one attached hydrogen (secondary N) is 1. The number of para-hydroxylation sites is 2. The lowest BCUT2D eigenvalue weighted by atomic mass is 9.99. The first kappa shape index (κ1) is 26.6. The normalized spacial score (nSPS) is 18.1. The molecule has 0 aliphatic carbocycles. The largest absolute Gasteiger partial charge is 0.394 e. The number of nitriles is 1. The maximum atomic E-state index is 13.7. The second-order valence-electron chi connectivity index (χ2n) is 10.6. The maximum Gasteiger partial charge on any atom is 0.254 e. The third-order valence-corrected chi connectivity index (χ3v) is 8.09. The van der Waals surface area contributed by atoms with Gasteiger partial charge in [-0.05, 0) is 68.1 Å². The van der Waals surface area contributed by atoms with Crippen LogP contribution in [0.5, 0.6) is 0 Å². The molecule has 39 heavy (non-hydrogen) atoms. The van der Waals surface area contributed by atoms with Crippen molar-refractivity contribution in [2.45, 2.75) is 38.8 Å². The van der Waals surface area contributed by atoms with Gasteiger partial charge in [-0.1, -0.05) is 36.4 Å². The number of piperazine rings is 1. The molecule has 0 unspecified atom stereocenters.